The van der Waals surface area contributed by atoms with Crippen molar-refractivity contribution in [2.75, 3.05) is 39.4 Å². The standard InChI is InChI=1S/C20H26N2O3/c1-16(17-5-3-2-4-6-17)15-19(23)21-9-7-18(8-10-21)20(24)22-11-13-25-14-12-22/h2-6,15,18H,7-14H2,1H3/b16-15+. The number of hydrogen-bond acceptors (Lipinski definition) is 3. The fourth-order valence-corrected chi connectivity index (χ4v) is 3.45. The average molecular weight is 342 g/mol. The molecule has 2 amide bonds. The van der Waals surface area contributed by atoms with Gasteiger partial charge in [-0.05, 0) is 30.9 Å². The Morgan fingerprint density at radius 2 is 1.64 bits per heavy atom. The third kappa shape index (κ3) is 4.48. The lowest BCUT2D eigenvalue weighted by Gasteiger charge is -2.35. The van der Waals surface area contributed by atoms with Gasteiger partial charge in [-0.15, -0.1) is 0 Å². The highest BCUT2D eigenvalue weighted by Crippen LogP contribution is 2.21. The molecule has 0 N–H and O–H groups in total. The first kappa shape index (κ1) is 17.7. The number of carbonyl (C=O) groups excluding carboxylic acids is 2. The zero-order chi connectivity index (χ0) is 17.6. The van der Waals surface area contributed by atoms with Crippen molar-refractivity contribution in [1.82, 2.24) is 9.80 Å². The first-order valence-electron chi connectivity index (χ1n) is 9.04. The number of ether oxygens (including phenoxy) is 1. The highest BCUT2D eigenvalue weighted by Gasteiger charge is 2.30. The Morgan fingerprint density at radius 3 is 2.28 bits per heavy atom. The summed E-state index contributed by atoms with van der Waals surface area (Å²) in [6.07, 6.45) is 3.21. The third-order valence-corrected chi connectivity index (χ3v) is 5.05. The molecule has 134 valence electrons. The second-order valence-corrected chi connectivity index (χ2v) is 6.73. The maximum atomic E-state index is 12.5. The van der Waals surface area contributed by atoms with Gasteiger partial charge in [-0.25, -0.2) is 0 Å². The van der Waals surface area contributed by atoms with E-state index in [4.69, 9.17) is 4.74 Å². The highest BCUT2D eigenvalue weighted by molar-refractivity contribution is 5.95. The number of nitrogens with zero attached hydrogens (tertiary/aromatic N) is 2. The van der Waals surface area contributed by atoms with Gasteiger partial charge in [-0.3, -0.25) is 9.59 Å². The third-order valence-electron chi connectivity index (χ3n) is 5.05. The molecule has 0 unspecified atom stereocenters. The Kier molecular flexibility index (Phi) is 5.87. The molecule has 0 saturated carbocycles. The number of rotatable bonds is 3. The van der Waals surface area contributed by atoms with E-state index in [1.54, 1.807) is 6.08 Å². The molecule has 3 rings (SSSR count). The quantitative estimate of drug-likeness (QED) is 0.791. The smallest absolute Gasteiger partial charge is 0.246 e. The second kappa shape index (κ2) is 8.30. The van der Waals surface area contributed by atoms with Gasteiger partial charge in [0.1, 0.15) is 0 Å². The van der Waals surface area contributed by atoms with E-state index in [0.717, 1.165) is 24.0 Å². The van der Waals surface area contributed by atoms with Crippen LogP contribution in [-0.4, -0.2) is 61.0 Å². The summed E-state index contributed by atoms with van der Waals surface area (Å²) >= 11 is 0. The number of allylic oxidation sites excluding steroid dienone is 1. The number of carbonyl (C=O) groups is 2. The molecule has 5 heteroatoms. The van der Waals surface area contributed by atoms with Gasteiger partial charge in [0.15, 0.2) is 0 Å². The predicted molar refractivity (Wildman–Crippen MR) is 96.8 cm³/mol. The molecule has 1 aromatic carbocycles. The zero-order valence-corrected chi connectivity index (χ0v) is 14.8. The summed E-state index contributed by atoms with van der Waals surface area (Å²) < 4.78 is 5.31. The SMILES string of the molecule is C/C(=C\C(=O)N1CCC(C(=O)N2CCOCC2)CC1)c1ccccc1. The Labute approximate surface area is 149 Å². The predicted octanol–water partition coefficient (Wildman–Crippen LogP) is 2.19. The molecule has 2 fully saturated rings. The minimum absolute atomic E-state index is 0.0404. The normalized spacial score (nSPS) is 19.8. The van der Waals surface area contributed by atoms with Gasteiger partial charge in [0, 0.05) is 38.2 Å². The monoisotopic (exact) mass is 342 g/mol. The van der Waals surface area contributed by atoms with Gasteiger partial charge in [0.2, 0.25) is 11.8 Å². The van der Waals surface area contributed by atoms with E-state index in [9.17, 15) is 9.59 Å². The molecule has 5 nitrogen and oxygen atoms in total. The lowest BCUT2D eigenvalue weighted by molar-refractivity contribution is -0.142. The van der Waals surface area contributed by atoms with Gasteiger partial charge in [0.25, 0.3) is 0 Å². The molecule has 2 aliphatic heterocycles. The van der Waals surface area contributed by atoms with Crippen LogP contribution in [0.25, 0.3) is 5.57 Å². The van der Waals surface area contributed by atoms with Crippen molar-refractivity contribution in [2.45, 2.75) is 19.8 Å². The zero-order valence-electron chi connectivity index (χ0n) is 14.8. The fourth-order valence-electron chi connectivity index (χ4n) is 3.45. The highest BCUT2D eigenvalue weighted by atomic mass is 16.5. The first-order chi connectivity index (χ1) is 12.1. The van der Waals surface area contributed by atoms with Crippen molar-refractivity contribution in [3.05, 3.63) is 42.0 Å². The van der Waals surface area contributed by atoms with E-state index < -0.39 is 0 Å². The van der Waals surface area contributed by atoms with Crippen molar-refractivity contribution >= 4 is 17.4 Å². The second-order valence-electron chi connectivity index (χ2n) is 6.73. The van der Waals surface area contributed by atoms with Crippen LogP contribution >= 0.6 is 0 Å². The van der Waals surface area contributed by atoms with E-state index in [-0.39, 0.29) is 17.7 Å². The number of morpholine rings is 1. The summed E-state index contributed by atoms with van der Waals surface area (Å²) in [7, 11) is 0. The summed E-state index contributed by atoms with van der Waals surface area (Å²) in [4.78, 5) is 28.8. The number of likely N-dealkylation sites (tertiary alicyclic amines) is 1. The van der Waals surface area contributed by atoms with Crippen molar-refractivity contribution in [3.63, 3.8) is 0 Å². The van der Waals surface area contributed by atoms with Crippen molar-refractivity contribution < 1.29 is 14.3 Å². The summed E-state index contributed by atoms with van der Waals surface area (Å²) in [6.45, 7) is 5.91. The lowest BCUT2D eigenvalue weighted by Crippen LogP contribution is -2.47. The number of amides is 2. The molecule has 25 heavy (non-hydrogen) atoms. The Bertz CT molecular complexity index is 628. The number of benzene rings is 1. The van der Waals surface area contributed by atoms with E-state index in [1.165, 1.54) is 0 Å². The van der Waals surface area contributed by atoms with Crippen LogP contribution in [0.1, 0.15) is 25.3 Å². The van der Waals surface area contributed by atoms with Crippen LogP contribution in [-0.2, 0) is 14.3 Å². The Balaban J connectivity index is 1.53. The molecular formula is C20H26N2O3. The van der Waals surface area contributed by atoms with Gasteiger partial charge in [-0.2, -0.15) is 0 Å². The lowest BCUT2D eigenvalue weighted by atomic mass is 9.95. The maximum absolute atomic E-state index is 12.5. The fraction of sp³-hybridized carbons (Fsp3) is 0.500. The minimum atomic E-state index is 0.0404. The van der Waals surface area contributed by atoms with Crippen LogP contribution in [0.4, 0.5) is 0 Å². The van der Waals surface area contributed by atoms with Crippen molar-refractivity contribution in [2.24, 2.45) is 5.92 Å². The van der Waals surface area contributed by atoms with Crippen LogP contribution in [0.5, 0.6) is 0 Å². The molecule has 0 aromatic heterocycles. The van der Waals surface area contributed by atoms with Crippen LogP contribution in [0.2, 0.25) is 0 Å². The minimum Gasteiger partial charge on any atom is -0.378 e. The van der Waals surface area contributed by atoms with E-state index in [1.807, 2.05) is 47.1 Å². The van der Waals surface area contributed by atoms with Crippen molar-refractivity contribution in [3.8, 4) is 0 Å². The van der Waals surface area contributed by atoms with E-state index in [0.29, 0.717) is 39.4 Å². The molecule has 1 aromatic rings. The van der Waals surface area contributed by atoms with Crippen LogP contribution < -0.4 is 0 Å². The summed E-state index contributed by atoms with van der Waals surface area (Å²) in [6, 6.07) is 9.92. The molecule has 2 saturated heterocycles. The molecule has 0 radical (unpaired) electrons. The van der Waals surface area contributed by atoms with Crippen molar-refractivity contribution in [1.29, 1.82) is 0 Å². The molecule has 0 atom stereocenters. The molecule has 0 spiro atoms. The maximum Gasteiger partial charge on any atom is 0.246 e. The molecule has 0 aliphatic carbocycles. The van der Waals surface area contributed by atoms with Gasteiger partial charge >= 0.3 is 0 Å². The largest absolute Gasteiger partial charge is 0.378 e. The summed E-state index contributed by atoms with van der Waals surface area (Å²) in [5, 5.41) is 0. The van der Waals surface area contributed by atoms with Gasteiger partial charge < -0.3 is 14.5 Å². The summed E-state index contributed by atoms with van der Waals surface area (Å²) in [5.74, 6) is 0.311. The van der Waals surface area contributed by atoms with Gasteiger partial charge in [-0.1, -0.05) is 30.3 Å². The van der Waals surface area contributed by atoms with Crippen LogP contribution in [0, 0.1) is 5.92 Å². The topological polar surface area (TPSA) is 49.9 Å². The van der Waals surface area contributed by atoms with E-state index >= 15 is 0 Å². The Morgan fingerprint density at radius 1 is 1.00 bits per heavy atom. The molecule has 2 heterocycles. The Hall–Kier alpha value is -2.14. The molecule has 0 bridgehead atoms. The van der Waals surface area contributed by atoms with Crippen LogP contribution in [0.15, 0.2) is 36.4 Å². The van der Waals surface area contributed by atoms with Gasteiger partial charge in [0.05, 0.1) is 13.2 Å². The number of hydrogen-bond donors (Lipinski definition) is 0. The molecular weight excluding hydrogens is 316 g/mol. The van der Waals surface area contributed by atoms with E-state index in [2.05, 4.69) is 0 Å². The van der Waals surface area contributed by atoms with Crippen LogP contribution in [0.3, 0.4) is 0 Å². The average Bonchev–Trinajstić information content (AvgIpc) is 2.69. The molecule has 2 aliphatic rings. The first-order valence-corrected chi connectivity index (χ1v) is 9.04. The summed E-state index contributed by atoms with van der Waals surface area (Å²) in [5.41, 5.74) is 2.03. The number of piperidine rings is 1.